The molecule has 1 amide bonds. The van der Waals surface area contributed by atoms with Gasteiger partial charge in [-0.25, -0.2) is 0 Å². The van der Waals surface area contributed by atoms with Gasteiger partial charge in [-0.3, -0.25) is 4.79 Å². The van der Waals surface area contributed by atoms with Gasteiger partial charge in [0.05, 0.1) is 0 Å². The van der Waals surface area contributed by atoms with Crippen LogP contribution in [0, 0.1) is 12.8 Å². The van der Waals surface area contributed by atoms with Crippen molar-refractivity contribution in [1.82, 2.24) is 0 Å². The number of carbonyl (C=O) groups excluding carboxylic acids is 1. The van der Waals surface area contributed by atoms with Crippen LogP contribution in [0.4, 0.5) is 5.69 Å². The smallest absolute Gasteiger partial charge is 0.249 e. The van der Waals surface area contributed by atoms with E-state index < -0.39 is 0 Å². The molecule has 1 aromatic rings. The topological polar surface area (TPSA) is 55.1 Å². The van der Waals surface area contributed by atoms with Gasteiger partial charge < -0.3 is 11.1 Å². The summed E-state index contributed by atoms with van der Waals surface area (Å²) in [5, 5.41) is 3.58. The third-order valence-corrected chi connectivity index (χ3v) is 4.38. The van der Waals surface area contributed by atoms with Crippen LogP contribution in [0.1, 0.15) is 54.9 Å². The molecule has 1 aliphatic carbocycles. The largest absolute Gasteiger partial charge is 0.382 e. The normalized spacial score (nSPS) is 23.1. The minimum Gasteiger partial charge on any atom is -0.382 e. The molecular formula is C16H24N2O. The summed E-state index contributed by atoms with van der Waals surface area (Å²) in [6.45, 7) is 4.24. The Morgan fingerprint density at radius 1 is 1.32 bits per heavy atom. The van der Waals surface area contributed by atoms with Crippen molar-refractivity contribution in [3.63, 3.8) is 0 Å². The van der Waals surface area contributed by atoms with E-state index in [-0.39, 0.29) is 5.91 Å². The van der Waals surface area contributed by atoms with Crippen LogP contribution in [0.3, 0.4) is 0 Å². The van der Waals surface area contributed by atoms with Crippen LogP contribution in [-0.2, 0) is 0 Å². The molecule has 0 aliphatic heterocycles. The summed E-state index contributed by atoms with van der Waals surface area (Å²) >= 11 is 0. The molecule has 0 heterocycles. The Morgan fingerprint density at radius 2 is 2.00 bits per heavy atom. The van der Waals surface area contributed by atoms with Crippen molar-refractivity contribution in [1.29, 1.82) is 0 Å². The molecule has 1 aromatic carbocycles. The summed E-state index contributed by atoms with van der Waals surface area (Å²) in [4.78, 5) is 11.3. The van der Waals surface area contributed by atoms with E-state index in [0.29, 0.717) is 11.6 Å². The number of benzene rings is 1. The van der Waals surface area contributed by atoms with Gasteiger partial charge in [0.1, 0.15) is 0 Å². The lowest BCUT2D eigenvalue weighted by atomic mass is 9.84. The van der Waals surface area contributed by atoms with Gasteiger partial charge in [0.25, 0.3) is 0 Å². The zero-order valence-corrected chi connectivity index (χ0v) is 11.9. The van der Waals surface area contributed by atoms with Gasteiger partial charge in [-0.05, 0) is 56.2 Å². The van der Waals surface area contributed by atoms with E-state index in [1.54, 1.807) is 6.07 Å². The molecule has 0 saturated heterocycles. The van der Waals surface area contributed by atoms with Crippen molar-refractivity contribution in [2.24, 2.45) is 11.7 Å². The number of hydrogen-bond donors (Lipinski definition) is 2. The van der Waals surface area contributed by atoms with Crippen LogP contribution in [0.25, 0.3) is 0 Å². The predicted octanol–water partition coefficient (Wildman–Crippen LogP) is 3.47. The molecule has 0 atom stereocenters. The summed E-state index contributed by atoms with van der Waals surface area (Å²) in [7, 11) is 0. The third kappa shape index (κ3) is 3.28. The van der Waals surface area contributed by atoms with Crippen molar-refractivity contribution in [3.8, 4) is 0 Å². The van der Waals surface area contributed by atoms with Crippen LogP contribution >= 0.6 is 0 Å². The Hall–Kier alpha value is -1.51. The third-order valence-electron chi connectivity index (χ3n) is 4.38. The molecule has 3 N–H and O–H groups in total. The maximum atomic E-state index is 11.3. The number of amides is 1. The van der Waals surface area contributed by atoms with Crippen LogP contribution < -0.4 is 11.1 Å². The summed E-state index contributed by atoms with van der Waals surface area (Å²) in [6, 6.07) is 6.25. The number of hydrogen-bond acceptors (Lipinski definition) is 2. The molecule has 0 radical (unpaired) electrons. The molecule has 2 rings (SSSR count). The van der Waals surface area contributed by atoms with E-state index in [0.717, 1.165) is 17.2 Å². The van der Waals surface area contributed by atoms with Crippen LogP contribution in [-0.4, -0.2) is 11.9 Å². The molecule has 19 heavy (non-hydrogen) atoms. The highest BCUT2D eigenvalue weighted by Crippen LogP contribution is 2.29. The molecular weight excluding hydrogens is 236 g/mol. The molecule has 0 unspecified atom stereocenters. The first-order valence-electron chi connectivity index (χ1n) is 7.27. The summed E-state index contributed by atoms with van der Waals surface area (Å²) in [5.41, 5.74) is 8.02. The monoisotopic (exact) mass is 260 g/mol. The quantitative estimate of drug-likeness (QED) is 0.871. The molecule has 3 nitrogen and oxygen atoms in total. The minimum absolute atomic E-state index is 0.351. The average molecular weight is 260 g/mol. The first kappa shape index (κ1) is 13.9. The highest BCUT2D eigenvalue weighted by molar-refractivity contribution is 5.95. The van der Waals surface area contributed by atoms with Crippen LogP contribution in [0.5, 0.6) is 0 Å². The highest BCUT2D eigenvalue weighted by Gasteiger charge is 2.20. The second-order valence-electron chi connectivity index (χ2n) is 5.61. The second-order valence-corrected chi connectivity index (χ2v) is 5.61. The SMILES string of the molecule is CCC1CCC(Nc2cccc(C(N)=O)c2C)CC1. The number of primary amides is 1. The van der Waals surface area contributed by atoms with Gasteiger partial charge in [0.15, 0.2) is 0 Å². The van der Waals surface area contributed by atoms with Gasteiger partial charge in [-0.15, -0.1) is 0 Å². The Morgan fingerprint density at radius 3 is 2.58 bits per heavy atom. The fraction of sp³-hybridized carbons (Fsp3) is 0.562. The highest BCUT2D eigenvalue weighted by atomic mass is 16.1. The van der Waals surface area contributed by atoms with Gasteiger partial charge in [-0.2, -0.15) is 0 Å². The lowest BCUT2D eigenvalue weighted by Gasteiger charge is -2.29. The zero-order valence-electron chi connectivity index (χ0n) is 11.9. The molecule has 1 saturated carbocycles. The molecule has 104 valence electrons. The summed E-state index contributed by atoms with van der Waals surface area (Å²) in [5.74, 6) is 0.548. The van der Waals surface area contributed by atoms with E-state index in [4.69, 9.17) is 5.73 Å². The van der Waals surface area contributed by atoms with Gasteiger partial charge in [-0.1, -0.05) is 19.4 Å². The first-order valence-corrected chi connectivity index (χ1v) is 7.27. The van der Waals surface area contributed by atoms with E-state index in [9.17, 15) is 4.79 Å². The molecule has 3 heteroatoms. The Labute approximate surface area is 115 Å². The van der Waals surface area contributed by atoms with Crippen LogP contribution in [0.15, 0.2) is 18.2 Å². The van der Waals surface area contributed by atoms with E-state index in [2.05, 4.69) is 12.2 Å². The Balaban J connectivity index is 2.04. The van der Waals surface area contributed by atoms with Crippen molar-refractivity contribution in [2.75, 3.05) is 5.32 Å². The fourth-order valence-corrected chi connectivity index (χ4v) is 2.99. The summed E-state index contributed by atoms with van der Waals surface area (Å²) in [6.07, 6.45) is 6.35. The number of carbonyl (C=O) groups is 1. The molecule has 1 aliphatic rings. The van der Waals surface area contributed by atoms with Gasteiger partial charge >= 0.3 is 0 Å². The second kappa shape index (κ2) is 6.09. The number of anilines is 1. The van der Waals surface area contributed by atoms with Gasteiger partial charge in [0.2, 0.25) is 5.91 Å². The van der Waals surface area contributed by atoms with E-state index in [1.165, 1.54) is 32.1 Å². The predicted molar refractivity (Wildman–Crippen MR) is 79.4 cm³/mol. The maximum absolute atomic E-state index is 11.3. The zero-order chi connectivity index (χ0) is 13.8. The van der Waals surface area contributed by atoms with Crippen molar-refractivity contribution >= 4 is 11.6 Å². The molecule has 0 spiro atoms. The summed E-state index contributed by atoms with van der Waals surface area (Å²) < 4.78 is 0. The minimum atomic E-state index is -0.351. The average Bonchev–Trinajstić information content (AvgIpc) is 2.41. The van der Waals surface area contributed by atoms with Crippen molar-refractivity contribution in [2.45, 2.75) is 52.0 Å². The maximum Gasteiger partial charge on any atom is 0.249 e. The fourth-order valence-electron chi connectivity index (χ4n) is 2.99. The Bertz CT molecular complexity index is 448. The molecule has 0 bridgehead atoms. The van der Waals surface area contributed by atoms with Crippen molar-refractivity contribution in [3.05, 3.63) is 29.3 Å². The molecule has 0 aromatic heterocycles. The van der Waals surface area contributed by atoms with Crippen molar-refractivity contribution < 1.29 is 4.79 Å². The standard InChI is InChI=1S/C16H24N2O/c1-3-12-7-9-13(10-8-12)18-15-6-4-5-14(11(15)2)16(17)19/h4-6,12-13,18H,3,7-10H2,1-2H3,(H2,17,19). The number of nitrogens with two attached hydrogens (primary N) is 1. The number of rotatable bonds is 4. The van der Waals surface area contributed by atoms with Crippen LogP contribution in [0.2, 0.25) is 0 Å². The number of nitrogens with one attached hydrogen (secondary N) is 1. The first-order chi connectivity index (χ1) is 9.11. The lowest BCUT2D eigenvalue weighted by molar-refractivity contribution is 0.1000. The Kier molecular flexibility index (Phi) is 4.46. The van der Waals surface area contributed by atoms with E-state index >= 15 is 0 Å². The van der Waals surface area contributed by atoms with E-state index in [1.807, 2.05) is 19.1 Å². The van der Waals surface area contributed by atoms with Gasteiger partial charge in [0, 0.05) is 17.3 Å². The molecule has 1 fully saturated rings. The lowest BCUT2D eigenvalue weighted by Crippen LogP contribution is -2.26.